The van der Waals surface area contributed by atoms with Crippen molar-refractivity contribution in [3.63, 3.8) is 0 Å². The van der Waals surface area contributed by atoms with Crippen molar-refractivity contribution in [3.05, 3.63) is 18.0 Å². The largest absolute Gasteiger partial charge is 0.314 e. The fraction of sp³-hybridized carbons (Fsp3) is 0.812. The molecule has 1 rings (SSSR count). The Morgan fingerprint density at radius 1 is 1.35 bits per heavy atom. The molecule has 4 heteroatoms. The minimum atomic E-state index is 0.493. The number of hydrogen-bond acceptors (Lipinski definition) is 3. The molecule has 4 nitrogen and oxygen atoms in total. The van der Waals surface area contributed by atoms with Crippen LogP contribution in [-0.4, -0.2) is 47.9 Å². The molecule has 2 atom stereocenters. The van der Waals surface area contributed by atoms with Gasteiger partial charge in [0.1, 0.15) is 0 Å². The van der Waals surface area contributed by atoms with Gasteiger partial charge in [0.2, 0.25) is 0 Å². The molecule has 2 unspecified atom stereocenters. The summed E-state index contributed by atoms with van der Waals surface area (Å²) in [6.45, 7) is 8.84. The topological polar surface area (TPSA) is 33.1 Å². The Labute approximate surface area is 124 Å². The van der Waals surface area contributed by atoms with Gasteiger partial charge in [0.15, 0.2) is 0 Å². The summed E-state index contributed by atoms with van der Waals surface area (Å²) in [4.78, 5) is 2.25. The molecule has 1 aromatic heterocycles. The molecule has 1 heterocycles. The zero-order valence-corrected chi connectivity index (χ0v) is 13.9. The Morgan fingerprint density at radius 2 is 2.10 bits per heavy atom. The van der Waals surface area contributed by atoms with Crippen molar-refractivity contribution in [2.24, 2.45) is 0 Å². The van der Waals surface area contributed by atoms with Gasteiger partial charge in [-0.25, -0.2) is 0 Å². The summed E-state index contributed by atoms with van der Waals surface area (Å²) in [5, 5.41) is 8.37. The minimum absolute atomic E-state index is 0.493. The first-order chi connectivity index (χ1) is 9.56. The van der Waals surface area contributed by atoms with E-state index < -0.39 is 0 Å². The lowest BCUT2D eigenvalue weighted by molar-refractivity contribution is 0.354. The number of nitrogens with zero attached hydrogens (tertiary/aromatic N) is 3. The second kappa shape index (κ2) is 9.14. The van der Waals surface area contributed by atoms with Crippen molar-refractivity contribution in [1.82, 2.24) is 20.0 Å². The van der Waals surface area contributed by atoms with Crippen molar-refractivity contribution in [1.29, 1.82) is 0 Å². The number of nitrogens with one attached hydrogen (secondary N) is 1. The van der Waals surface area contributed by atoms with Crippen molar-refractivity contribution >= 4 is 0 Å². The molecule has 0 aromatic carbocycles. The second-order valence-electron chi connectivity index (χ2n) is 5.99. The SMILES string of the molecule is CCCNC(CCN(C)C)Cc1ccn(C(C)CC)n1. The molecule has 1 aromatic rings. The summed E-state index contributed by atoms with van der Waals surface area (Å²) in [6, 6.07) is 3.19. The first-order valence-electron chi connectivity index (χ1n) is 7.98. The lowest BCUT2D eigenvalue weighted by atomic mass is 10.1. The number of rotatable bonds is 10. The van der Waals surface area contributed by atoms with Gasteiger partial charge in [0, 0.05) is 24.7 Å². The zero-order valence-electron chi connectivity index (χ0n) is 13.9. The van der Waals surface area contributed by atoms with E-state index >= 15 is 0 Å². The Balaban J connectivity index is 2.56. The van der Waals surface area contributed by atoms with Crippen LogP contribution in [-0.2, 0) is 6.42 Å². The molecular weight excluding hydrogens is 248 g/mol. The molecule has 0 bridgehead atoms. The first kappa shape index (κ1) is 17.2. The highest BCUT2D eigenvalue weighted by molar-refractivity contribution is 5.02. The van der Waals surface area contributed by atoms with Crippen molar-refractivity contribution in [2.45, 2.75) is 58.5 Å². The molecule has 0 amide bonds. The molecule has 0 radical (unpaired) electrons. The highest BCUT2D eigenvalue weighted by Crippen LogP contribution is 2.11. The van der Waals surface area contributed by atoms with Gasteiger partial charge in [0.05, 0.1) is 5.69 Å². The van der Waals surface area contributed by atoms with E-state index in [4.69, 9.17) is 5.10 Å². The van der Waals surface area contributed by atoms with Gasteiger partial charge in [0.25, 0.3) is 0 Å². The molecule has 0 fully saturated rings. The van der Waals surface area contributed by atoms with E-state index in [-0.39, 0.29) is 0 Å². The van der Waals surface area contributed by atoms with E-state index in [0.29, 0.717) is 12.1 Å². The average molecular weight is 280 g/mol. The monoisotopic (exact) mass is 280 g/mol. The predicted octanol–water partition coefficient (Wildman–Crippen LogP) is 2.72. The Hall–Kier alpha value is -0.870. The van der Waals surface area contributed by atoms with Crippen LogP contribution in [0.5, 0.6) is 0 Å². The maximum atomic E-state index is 4.72. The fourth-order valence-electron chi connectivity index (χ4n) is 2.21. The second-order valence-corrected chi connectivity index (χ2v) is 5.99. The number of aromatic nitrogens is 2. The molecule has 0 aliphatic heterocycles. The highest BCUT2D eigenvalue weighted by atomic mass is 15.3. The lowest BCUT2D eigenvalue weighted by Crippen LogP contribution is -2.34. The molecule has 116 valence electrons. The fourth-order valence-corrected chi connectivity index (χ4v) is 2.21. The quantitative estimate of drug-likeness (QED) is 0.715. The minimum Gasteiger partial charge on any atom is -0.314 e. The Bertz CT molecular complexity index is 359. The van der Waals surface area contributed by atoms with Crippen LogP contribution in [0.4, 0.5) is 0 Å². The van der Waals surface area contributed by atoms with E-state index in [9.17, 15) is 0 Å². The maximum Gasteiger partial charge on any atom is 0.0640 e. The Kier molecular flexibility index (Phi) is 7.85. The van der Waals surface area contributed by atoms with Crippen LogP contribution in [0.25, 0.3) is 0 Å². The summed E-state index contributed by atoms with van der Waals surface area (Å²) in [5.41, 5.74) is 1.21. The normalized spacial score (nSPS) is 14.7. The van der Waals surface area contributed by atoms with E-state index in [1.165, 1.54) is 18.5 Å². The molecule has 0 spiro atoms. The first-order valence-corrected chi connectivity index (χ1v) is 7.98. The third-order valence-electron chi connectivity index (χ3n) is 3.77. The van der Waals surface area contributed by atoms with E-state index in [0.717, 1.165) is 25.9 Å². The van der Waals surface area contributed by atoms with Gasteiger partial charge < -0.3 is 10.2 Å². The molecular formula is C16H32N4. The standard InChI is InChI=1S/C16H32N4/c1-6-10-17-15(8-11-19(4)5)13-16-9-12-20(18-16)14(3)7-2/h9,12,14-15,17H,6-8,10-11,13H2,1-5H3. The van der Waals surface area contributed by atoms with E-state index in [1.54, 1.807) is 0 Å². The molecule has 0 saturated carbocycles. The Morgan fingerprint density at radius 3 is 2.70 bits per heavy atom. The molecule has 0 saturated heterocycles. The van der Waals surface area contributed by atoms with Crippen LogP contribution < -0.4 is 5.32 Å². The predicted molar refractivity (Wildman–Crippen MR) is 86.2 cm³/mol. The smallest absolute Gasteiger partial charge is 0.0640 e. The molecule has 1 N–H and O–H groups in total. The lowest BCUT2D eigenvalue weighted by Gasteiger charge is -2.20. The molecule has 0 aliphatic carbocycles. The number of hydrogen-bond donors (Lipinski definition) is 1. The van der Waals surface area contributed by atoms with E-state index in [2.05, 4.69) is 62.0 Å². The van der Waals surface area contributed by atoms with Crippen LogP contribution in [0.3, 0.4) is 0 Å². The summed E-state index contributed by atoms with van der Waals surface area (Å²) in [7, 11) is 4.27. The summed E-state index contributed by atoms with van der Waals surface area (Å²) < 4.78 is 2.10. The van der Waals surface area contributed by atoms with Crippen LogP contribution in [0.1, 0.15) is 51.8 Å². The third kappa shape index (κ3) is 6.06. The highest BCUT2D eigenvalue weighted by Gasteiger charge is 2.12. The van der Waals surface area contributed by atoms with Gasteiger partial charge in [-0.3, -0.25) is 4.68 Å². The van der Waals surface area contributed by atoms with Crippen molar-refractivity contribution in [2.75, 3.05) is 27.2 Å². The van der Waals surface area contributed by atoms with Crippen molar-refractivity contribution in [3.8, 4) is 0 Å². The van der Waals surface area contributed by atoms with Crippen LogP contribution >= 0.6 is 0 Å². The van der Waals surface area contributed by atoms with Gasteiger partial charge in [-0.05, 0) is 59.4 Å². The van der Waals surface area contributed by atoms with Crippen molar-refractivity contribution < 1.29 is 0 Å². The van der Waals surface area contributed by atoms with Crippen LogP contribution in [0.2, 0.25) is 0 Å². The third-order valence-corrected chi connectivity index (χ3v) is 3.77. The van der Waals surface area contributed by atoms with Gasteiger partial charge in [-0.1, -0.05) is 13.8 Å². The summed E-state index contributed by atoms with van der Waals surface area (Å²) >= 11 is 0. The zero-order chi connectivity index (χ0) is 15.0. The van der Waals surface area contributed by atoms with E-state index in [1.807, 2.05) is 0 Å². The molecule has 20 heavy (non-hydrogen) atoms. The van der Waals surface area contributed by atoms with Crippen LogP contribution in [0.15, 0.2) is 12.3 Å². The van der Waals surface area contributed by atoms with Gasteiger partial charge in [-0.15, -0.1) is 0 Å². The molecule has 0 aliphatic rings. The maximum absolute atomic E-state index is 4.72. The van der Waals surface area contributed by atoms with Gasteiger partial charge >= 0.3 is 0 Å². The summed E-state index contributed by atoms with van der Waals surface area (Å²) in [6.07, 6.45) is 6.62. The van der Waals surface area contributed by atoms with Gasteiger partial charge in [-0.2, -0.15) is 5.10 Å². The van der Waals surface area contributed by atoms with Crippen LogP contribution in [0, 0.1) is 0 Å². The average Bonchev–Trinajstić information content (AvgIpc) is 2.89. The summed E-state index contributed by atoms with van der Waals surface area (Å²) in [5.74, 6) is 0.